The zero-order valence-corrected chi connectivity index (χ0v) is 13.9. The number of hydrogen-bond acceptors (Lipinski definition) is 4. The van der Waals surface area contributed by atoms with Crippen molar-refractivity contribution in [3.63, 3.8) is 0 Å². The summed E-state index contributed by atoms with van der Waals surface area (Å²) in [7, 11) is 0. The van der Waals surface area contributed by atoms with Crippen molar-refractivity contribution in [2.45, 2.75) is 34.2 Å². The van der Waals surface area contributed by atoms with Crippen LogP contribution in [-0.4, -0.2) is 52.0 Å². The van der Waals surface area contributed by atoms with E-state index in [0.717, 1.165) is 30.7 Å². The van der Waals surface area contributed by atoms with E-state index < -0.39 is 0 Å². The van der Waals surface area contributed by atoms with Crippen molar-refractivity contribution in [1.29, 1.82) is 0 Å². The summed E-state index contributed by atoms with van der Waals surface area (Å²) in [4.78, 5) is 15.7. The molecule has 2 rings (SSSR count). The van der Waals surface area contributed by atoms with Gasteiger partial charge in [-0.15, -0.1) is 0 Å². The van der Waals surface area contributed by atoms with Crippen molar-refractivity contribution in [1.82, 2.24) is 25.2 Å². The lowest BCUT2D eigenvalue weighted by Crippen LogP contribution is -2.36. The van der Waals surface area contributed by atoms with E-state index in [-0.39, 0.29) is 12.5 Å². The second-order valence-corrected chi connectivity index (χ2v) is 5.53. The van der Waals surface area contributed by atoms with Gasteiger partial charge in [0, 0.05) is 13.1 Å². The SMILES string of the molecule is CCN(CC)CCNC(=O)Cn1nc2cc(C)c(C)cc2n1. The molecule has 22 heavy (non-hydrogen) atoms. The summed E-state index contributed by atoms with van der Waals surface area (Å²) in [6.45, 7) is 12.0. The molecule has 0 radical (unpaired) electrons. The predicted octanol–water partition coefficient (Wildman–Crippen LogP) is 1.51. The van der Waals surface area contributed by atoms with E-state index in [0.29, 0.717) is 6.54 Å². The molecule has 0 unspecified atom stereocenters. The third-order valence-electron chi connectivity index (χ3n) is 3.97. The van der Waals surface area contributed by atoms with Crippen molar-refractivity contribution >= 4 is 16.9 Å². The van der Waals surface area contributed by atoms with Crippen LogP contribution in [0, 0.1) is 13.8 Å². The third kappa shape index (κ3) is 4.04. The van der Waals surface area contributed by atoms with Gasteiger partial charge in [-0.1, -0.05) is 13.8 Å². The monoisotopic (exact) mass is 303 g/mol. The zero-order chi connectivity index (χ0) is 16.1. The summed E-state index contributed by atoms with van der Waals surface area (Å²) >= 11 is 0. The fourth-order valence-corrected chi connectivity index (χ4v) is 2.37. The summed E-state index contributed by atoms with van der Waals surface area (Å²) in [5.74, 6) is -0.0547. The molecule has 120 valence electrons. The van der Waals surface area contributed by atoms with Crippen LogP contribution in [0.25, 0.3) is 11.0 Å². The highest BCUT2D eigenvalue weighted by Gasteiger charge is 2.09. The van der Waals surface area contributed by atoms with Crippen molar-refractivity contribution in [2.75, 3.05) is 26.2 Å². The standard InChI is InChI=1S/C16H25N5O/c1-5-20(6-2)8-7-17-16(22)11-21-18-14-9-12(3)13(4)10-15(14)19-21/h9-10H,5-8,11H2,1-4H3,(H,17,22). The lowest BCUT2D eigenvalue weighted by atomic mass is 10.1. The summed E-state index contributed by atoms with van der Waals surface area (Å²) < 4.78 is 0. The highest BCUT2D eigenvalue weighted by Crippen LogP contribution is 2.15. The number of aryl methyl sites for hydroxylation is 2. The van der Waals surface area contributed by atoms with Crippen LogP contribution in [-0.2, 0) is 11.3 Å². The molecule has 0 aliphatic carbocycles. The number of likely N-dealkylation sites (N-methyl/N-ethyl adjacent to an activating group) is 1. The van der Waals surface area contributed by atoms with Gasteiger partial charge in [-0.2, -0.15) is 15.0 Å². The second kappa shape index (κ2) is 7.35. The number of nitrogens with zero attached hydrogens (tertiary/aromatic N) is 4. The number of carbonyl (C=O) groups excluding carboxylic acids is 1. The highest BCUT2D eigenvalue weighted by atomic mass is 16.2. The van der Waals surface area contributed by atoms with Gasteiger partial charge in [-0.25, -0.2) is 0 Å². The zero-order valence-electron chi connectivity index (χ0n) is 13.9. The van der Waals surface area contributed by atoms with E-state index in [4.69, 9.17) is 0 Å². The van der Waals surface area contributed by atoms with Gasteiger partial charge in [0.2, 0.25) is 5.91 Å². The van der Waals surface area contributed by atoms with Crippen molar-refractivity contribution in [3.05, 3.63) is 23.3 Å². The first-order valence-electron chi connectivity index (χ1n) is 7.84. The topological polar surface area (TPSA) is 63.1 Å². The summed E-state index contributed by atoms with van der Waals surface area (Å²) in [5, 5.41) is 11.6. The van der Waals surface area contributed by atoms with Crippen LogP contribution in [0.5, 0.6) is 0 Å². The first kappa shape index (κ1) is 16.4. The molecule has 6 heteroatoms. The van der Waals surface area contributed by atoms with Crippen LogP contribution in [0.15, 0.2) is 12.1 Å². The number of carbonyl (C=O) groups is 1. The fraction of sp³-hybridized carbons (Fsp3) is 0.562. The first-order valence-corrected chi connectivity index (χ1v) is 7.84. The molecule has 2 aromatic rings. The van der Waals surface area contributed by atoms with Gasteiger partial charge in [0.25, 0.3) is 0 Å². The van der Waals surface area contributed by atoms with Gasteiger partial charge < -0.3 is 10.2 Å². The largest absolute Gasteiger partial charge is 0.353 e. The number of benzene rings is 1. The Morgan fingerprint density at radius 2 is 1.68 bits per heavy atom. The van der Waals surface area contributed by atoms with Crippen LogP contribution in [0.3, 0.4) is 0 Å². The lowest BCUT2D eigenvalue weighted by molar-refractivity contribution is -0.122. The summed E-state index contributed by atoms with van der Waals surface area (Å²) in [5.41, 5.74) is 4.03. The first-order chi connectivity index (χ1) is 10.5. The Kier molecular flexibility index (Phi) is 5.49. The maximum atomic E-state index is 12.0. The smallest absolute Gasteiger partial charge is 0.243 e. The van der Waals surface area contributed by atoms with Crippen molar-refractivity contribution in [3.8, 4) is 0 Å². The molecule has 0 bridgehead atoms. The van der Waals surface area contributed by atoms with Gasteiger partial charge in [-0.3, -0.25) is 4.79 Å². The van der Waals surface area contributed by atoms with Gasteiger partial charge in [0.15, 0.2) is 0 Å². The minimum atomic E-state index is -0.0547. The Morgan fingerprint density at radius 1 is 1.14 bits per heavy atom. The highest BCUT2D eigenvalue weighted by molar-refractivity contribution is 5.77. The number of fused-ring (bicyclic) bond motifs is 1. The van der Waals surface area contributed by atoms with E-state index in [2.05, 4.69) is 34.3 Å². The maximum Gasteiger partial charge on any atom is 0.243 e. The molecule has 1 amide bonds. The molecule has 0 saturated heterocycles. The number of rotatable bonds is 7. The second-order valence-electron chi connectivity index (χ2n) is 5.53. The average Bonchev–Trinajstić information content (AvgIpc) is 2.85. The molecule has 1 N–H and O–H groups in total. The summed E-state index contributed by atoms with van der Waals surface area (Å²) in [6.07, 6.45) is 0. The summed E-state index contributed by atoms with van der Waals surface area (Å²) in [6, 6.07) is 4.01. The Balaban J connectivity index is 1.91. The van der Waals surface area contributed by atoms with Gasteiger partial charge in [0.1, 0.15) is 17.6 Å². The molecule has 0 saturated carbocycles. The molecule has 6 nitrogen and oxygen atoms in total. The Bertz CT molecular complexity index is 606. The molecule has 1 aromatic heterocycles. The van der Waals surface area contributed by atoms with E-state index in [9.17, 15) is 4.79 Å². The number of hydrogen-bond donors (Lipinski definition) is 1. The predicted molar refractivity (Wildman–Crippen MR) is 87.8 cm³/mol. The molecule has 0 fully saturated rings. The molecule has 0 atom stereocenters. The van der Waals surface area contributed by atoms with Crippen LogP contribution in [0.2, 0.25) is 0 Å². The number of amides is 1. The molecule has 1 aromatic carbocycles. The molecular formula is C16H25N5O. The van der Waals surface area contributed by atoms with E-state index >= 15 is 0 Å². The lowest BCUT2D eigenvalue weighted by Gasteiger charge is -2.17. The van der Waals surface area contributed by atoms with Crippen molar-refractivity contribution < 1.29 is 4.79 Å². The molecule has 1 heterocycles. The van der Waals surface area contributed by atoms with Gasteiger partial charge in [0.05, 0.1) is 0 Å². The Morgan fingerprint density at radius 3 is 2.18 bits per heavy atom. The van der Waals surface area contributed by atoms with Crippen LogP contribution in [0.1, 0.15) is 25.0 Å². The minimum Gasteiger partial charge on any atom is -0.353 e. The molecular weight excluding hydrogens is 278 g/mol. The van der Waals surface area contributed by atoms with E-state index in [1.54, 1.807) is 0 Å². The quantitative estimate of drug-likeness (QED) is 0.842. The average molecular weight is 303 g/mol. The third-order valence-corrected chi connectivity index (χ3v) is 3.97. The molecule has 0 spiro atoms. The van der Waals surface area contributed by atoms with Crippen LogP contribution < -0.4 is 5.32 Å². The van der Waals surface area contributed by atoms with E-state index in [1.165, 1.54) is 15.9 Å². The Labute approximate surface area is 131 Å². The minimum absolute atomic E-state index is 0.0547. The normalized spacial score (nSPS) is 11.3. The van der Waals surface area contributed by atoms with Crippen molar-refractivity contribution in [2.24, 2.45) is 0 Å². The number of aromatic nitrogens is 3. The fourth-order valence-electron chi connectivity index (χ4n) is 2.37. The number of nitrogens with one attached hydrogen (secondary N) is 1. The molecule has 0 aliphatic heterocycles. The molecule has 0 aliphatic rings. The van der Waals surface area contributed by atoms with Gasteiger partial charge in [-0.05, 0) is 50.2 Å². The van der Waals surface area contributed by atoms with Crippen LogP contribution >= 0.6 is 0 Å². The maximum absolute atomic E-state index is 12.0. The Hall–Kier alpha value is -1.95. The van der Waals surface area contributed by atoms with Gasteiger partial charge >= 0.3 is 0 Å². The van der Waals surface area contributed by atoms with Crippen LogP contribution in [0.4, 0.5) is 0 Å². The van der Waals surface area contributed by atoms with E-state index in [1.807, 2.05) is 26.0 Å².